The number of piperazine rings is 1. The number of rotatable bonds is 4. The molecule has 0 unspecified atom stereocenters. The monoisotopic (exact) mass is 449 g/mol. The molecule has 0 N–H and O–H groups in total. The third kappa shape index (κ3) is 4.06. The summed E-state index contributed by atoms with van der Waals surface area (Å²) in [5.41, 5.74) is 1.44. The van der Waals surface area contributed by atoms with Crippen molar-refractivity contribution in [2.45, 2.75) is 4.90 Å². The van der Waals surface area contributed by atoms with Crippen LogP contribution in [0.2, 0.25) is 10.0 Å². The van der Waals surface area contributed by atoms with Gasteiger partial charge in [0, 0.05) is 32.4 Å². The van der Waals surface area contributed by atoms with Gasteiger partial charge in [-0.05, 0) is 36.4 Å². The molecule has 2 aromatic heterocycles. The summed E-state index contributed by atoms with van der Waals surface area (Å²) in [6, 6.07) is 13.9. The smallest absolute Gasteiger partial charge is 0.244 e. The number of benzene rings is 1. The van der Waals surface area contributed by atoms with Gasteiger partial charge in [0.05, 0.1) is 15.7 Å². The summed E-state index contributed by atoms with van der Waals surface area (Å²) in [5, 5.41) is 8.79. The van der Waals surface area contributed by atoms with Gasteiger partial charge in [0.25, 0.3) is 0 Å². The number of nitrogens with zero attached hydrogens (tertiary/aromatic N) is 5. The second kappa shape index (κ2) is 8.23. The van der Waals surface area contributed by atoms with Crippen molar-refractivity contribution in [1.82, 2.24) is 19.5 Å². The first-order valence-electron chi connectivity index (χ1n) is 8.91. The van der Waals surface area contributed by atoms with Crippen LogP contribution in [-0.2, 0) is 10.0 Å². The lowest BCUT2D eigenvalue weighted by Gasteiger charge is -2.34. The molecule has 0 bridgehead atoms. The van der Waals surface area contributed by atoms with Gasteiger partial charge in [0.15, 0.2) is 5.82 Å². The van der Waals surface area contributed by atoms with Crippen LogP contribution in [0.4, 0.5) is 5.82 Å². The highest BCUT2D eigenvalue weighted by atomic mass is 35.5. The van der Waals surface area contributed by atoms with Crippen molar-refractivity contribution in [2.75, 3.05) is 31.1 Å². The Morgan fingerprint density at radius 3 is 2.28 bits per heavy atom. The van der Waals surface area contributed by atoms with Crippen molar-refractivity contribution >= 4 is 39.0 Å². The first-order chi connectivity index (χ1) is 14.0. The number of hydrogen-bond acceptors (Lipinski definition) is 6. The molecule has 1 aliphatic rings. The van der Waals surface area contributed by atoms with Gasteiger partial charge in [0.2, 0.25) is 10.0 Å². The van der Waals surface area contributed by atoms with Crippen LogP contribution in [0, 0.1) is 0 Å². The van der Waals surface area contributed by atoms with Crippen molar-refractivity contribution in [3.05, 3.63) is 64.8 Å². The number of anilines is 1. The number of sulfonamides is 1. The second-order valence-electron chi connectivity index (χ2n) is 6.43. The van der Waals surface area contributed by atoms with Gasteiger partial charge in [0.1, 0.15) is 10.6 Å². The van der Waals surface area contributed by atoms with Crippen LogP contribution >= 0.6 is 23.2 Å². The summed E-state index contributed by atoms with van der Waals surface area (Å²) in [4.78, 5) is 6.29. The first-order valence-corrected chi connectivity index (χ1v) is 11.1. The molecule has 3 aromatic rings. The molecule has 1 fully saturated rings. The fourth-order valence-electron chi connectivity index (χ4n) is 3.12. The highest BCUT2D eigenvalue weighted by Gasteiger charge is 2.31. The Morgan fingerprint density at radius 2 is 1.62 bits per heavy atom. The zero-order valence-electron chi connectivity index (χ0n) is 15.2. The molecular weight excluding hydrogens is 433 g/mol. The van der Waals surface area contributed by atoms with Crippen LogP contribution in [0.15, 0.2) is 59.6 Å². The van der Waals surface area contributed by atoms with E-state index in [9.17, 15) is 8.42 Å². The van der Waals surface area contributed by atoms with E-state index < -0.39 is 10.0 Å². The SMILES string of the molecule is O=S(=O)(c1cccc(Cl)c1Cl)N1CCN(c2ccc(-c3ccccn3)nn2)CC1. The molecule has 0 amide bonds. The van der Waals surface area contributed by atoms with Crippen LogP contribution in [0.25, 0.3) is 11.4 Å². The second-order valence-corrected chi connectivity index (χ2v) is 9.13. The summed E-state index contributed by atoms with van der Waals surface area (Å²) < 4.78 is 27.3. The molecule has 0 radical (unpaired) electrons. The molecule has 3 heterocycles. The van der Waals surface area contributed by atoms with Crippen LogP contribution in [0.5, 0.6) is 0 Å². The molecule has 1 aliphatic heterocycles. The van der Waals surface area contributed by atoms with Crippen molar-refractivity contribution in [3.63, 3.8) is 0 Å². The number of pyridine rings is 1. The van der Waals surface area contributed by atoms with E-state index in [1.807, 2.05) is 35.2 Å². The lowest BCUT2D eigenvalue weighted by atomic mass is 10.2. The average Bonchev–Trinajstić information content (AvgIpc) is 2.76. The van der Waals surface area contributed by atoms with Crippen molar-refractivity contribution < 1.29 is 8.42 Å². The van der Waals surface area contributed by atoms with E-state index in [4.69, 9.17) is 23.2 Å². The largest absolute Gasteiger partial charge is 0.352 e. The average molecular weight is 450 g/mol. The summed E-state index contributed by atoms with van der Waals surface area (Å²) >= 11 is 12.1. The minimum atomic E-state index is -3.72. The Balaban J connectivity index is 1.46. The fourth-order valence-corrected chi connectivity index (χ4v) is 5.28. The number of halogens is 2. The van der Waals surface area contributed by atoms with Gasteiger partial charge in [-0.25, -0.2) is 8.42 Å². The summed E-state index contributed by atoms with van der Waals surface area (Å²) in [6.07, 6.45) is 1.71. The zero-order chi connectivity index (χ0) is 20.4. The molecule has 1 aromatic carbocycles. The molecule has 0 spiro atoms. The van der Waals surface area contributed by atoms with Gasteiger partial charge in [-0.1, -0.05) is 35.3 Å². The summed E-state index contributed by atoms with van der Waals surface area (Å²) in [5.74, 6) is 0.697. The molecular formula is C19H17Cl2N5O2S. The third-order valence-electron chi connectivity index (χ3n) is 4.67. The van der Waals surface area contributed by atoms with Gasteiger partial charge < -0.3 is 4.90 Å². The molecule has 4 rings (SSSR count). The van der Waals surface area contributed by atoms with E-state index in [-0.39, 0.29) is 14.9 Å². The molecule has 0 saturated carbocycles. The van der Waals surface area contributed by atoms with E-state index in [0.29, 0.717) is 37.7 Å². The van der Waals surface area contributed by atoms with Crippen molar-refractivity contribution in [2.24, 2.45) is 0 Å². The van der Waals surface area contributed by atoms with Crippen LogP contribution in [0.1, 0.15) is 0 Å². The zero-order valence-corrected chi connectivity index (χ0v) is 17.6. The van der Waals surface area contributed by atoms with Crippen LogP contribution in [0.3, 0.4) is 0 Å². The normalized spacial score (nSPS) is 15.4. The van der Waals surface area contributed by atoms with Crippen LogP contribution in [-0.4, -0.2) is 54.1 Å². The van der Waals surface area contributed by atoms with E-state index in [2.05, 4.69) is 15.2 Å². The Hall–Kier alpha value is -2.26. The predicted molar refractivity (Wildman–Crippen MR) is 113 cm³/mol. The highest BCUT2D eigenvalue weighted by Crippen LogP contribution is 2.31. The number of aromatic nitrogens is 3. The fraction of sp³-hybridized carbons (Fsp3) is 0.211. The maximum absolute atomic E-state index is 12.9. The quantitative estimate of drug-likeness (QED) is 0.607. The Kier molecular flexibility index (Phi) is 5.69. The van der Waals surface area contributed by atoms with Gasteiger partial charge in [-0.15, -0.1) is 10.2 Å². The summed E-state index contributed by atoms with van der Waals surface area (Å²) in [7, 11) is -3.72. The van der Waals surface area contributed by atoms with Gasteiger partial charge in [-0.2, -0.15) is 4.31 Å². The van der Waals surface area contributed by atoms with Gasteiger partial charge >= 0.3 is 0 Å². The molecule has 1 saturated heterocycles. The maximum Gasteiger partial charge on any atom is 0.244 e. The maximum atomic E-state index is 12.9. The predicted octanol–water partition coefficient (Wildman–Crippen LogP) is 3.36. The van der Waals surface area contributed by atoms with E-state index in [1.54, 1.807) is 18.3 Å². The number of hydrogen-bond donors (Lipinski definition) is 0. The Morgan fingerprint density at radius 1 is 0.828 bits per heavy atom. The lowest BCUT2D eigenvalue weighted by Crippen LogP contribution is -2.49. The molecule has 10 heteroatoms. The minimum absolute atomic E-state index is 0.0274. The Bertz CT molecular complexity index is 1100. The molecule has 150 valence electrons. The standard InChI is InChI=1S/C19H17Cl2N5O2S/c20-14-4-3-6-17(19(14)21)29(27,28)26-12-10-25(11-13-26)18-8-7-16(23-24-18)15-5-1-2-9-22-15/h1-9H,10-13H2. The van der Waals surface area contributed by atoms with Gasteiger partial charge in [-0.3, -0.25) is 4.98 Å². The van der Waals surface area contributed by atoms with E-state index >= 15 is 0 Å². The summed E-state index contributed by atoms with van der Waals surface area (Å²) in [6.45, 7) is 1.62. The molecule has 0 atom stereocenters. The molecule has 29 heavy (non-hydrogen) atoms. The van der Waals surface area contributed by atoms with Crippen molar-refractivity contribution in [1.29, 1.82) is 0 Å². The minimum Gasteiger partial charge on any atom is -0.352 e. The topological polar surface area (TPSA) is 79.3 Å². The lowest BCUT2D eigenvalue weighted by molar-refractivity contribution is 0.383. The van der Waals surface area contributed by atoms with Crippen molar-refractivity contribution in [3.8, 4) is 11.4 Å². The van der Waals surface area contributed by atoms with E-state index in [0.717, 1.165) is 5.69 Å². The molecule has 7 nitrogen and oxygen atoms in total. The Labute approximate surface area is 179 Å². The third-order valence-corrected chi connectivity index (χ3v) is 7.55. The highest BCUT2D eigenvalue weighted by molar-refractivity contribution is 7.89. The van der Waals surface area contributed by atoms with E-state index in [1.165, 1.54) is 10.4 Å². The van der Waals surface area contributed by atoms with Crippen LogP contribution < -0.4 is 4.90 Å². The first kappa shape index (κ1) is 20.0. The molecule has 0 aliphatic carbocycles.